The Bertz CT molecular complexity index is 414. The fourth-order valence-corrected chi connectivity index (χ4v) is 5.25. The molecule has 2 fully saturated rings. The Balaban J connectivity index is 1.72. The first-order valence-electron chi connectivity index (χ1n) is 11.3. The van der Waals surface area contributed by atoms with Crippen molar-refractivity contribution in [2.75, 3.05) is 0 Å². The lowest BCUT2D eigenvalue weighted by Crippen LogP contribution is -2.30. The van der Waals surface area contributed by atoms with Crippen LogP contribution >= 0.6 is 0 Å². The Morgan fingerprint density at radius 1 is 0.880 bits per heavy atom. The van der Waals surface area contributed by atoms with E-state index >= 15 is 0 Å². The van der Waals surface area contributed by atoms with Gasteiger partial charge in [-0.25, -0.2) is 0 Å². The average molecular weight is 344 g/mol. The summed E-state index contributed by atoms with van der Waals surface area (Å²) in [7, 11) is 0. The minimum atomic E-state index is -0.0436. The van der Waals surface area contributed by atoms with Gasteiger partial charge in [0, 0.05) is 0 Å². The molecule has 0 aliphatic heterocycles. The standard InChI is InChI=1S/C24H41N/c1-3-5-7-9-17-24(20-25)18-15-23(16-19-24)22-13-11-21(12-14-22)10-8-6-4-2/h7,9,21-23H,3-6,8,10-19H2,1-2H3/b9-7+/t21?,22?,23-,24+. The predicted octanol–water partition coefficient (Wildman–Crippen LogP) is 7.82. The van der Waals surface area contributed by atoms with Crippen molar-refractivity contribution in [1.29, 1.82) is 5.26 Å². The van der Waals surface area contributed by atoms with E-state index in [9.17, 15) is 5.26 Å². The number of nitriles is 1. The van der Waals surface area contributed by atoms with Gasteiger partial charge in [-0.2, -0.15) is 5.26 Å². The molecule has 0 amide bonds. The summed E-state index contributed by atoms with van der Waals surface area (Å²) in [5.74, 6) is 2.90. The van der Waals surface area contributed by atoms with Crippen LogP contribution in [0.3, 0.4) is 0 Å². The van der Waals surface area contributed by atoms with E-state index in [1.54, 1.807) is 0 Å². The number of allylic oxidation sites excluding steroid dienone is 2. The van der Waals surface area contributed by atoms with Crippen LogP contribution in [0.1, 0.15) is 110 Å². The van der Waals surface area contributed by atoms with Crippen LogP contribution in [0.4, 0.5) is 0 Å². The van der Waals surface area contributed by atoms with Crippen LogP contribution in [0.15, 0.2) is 12.2 Å². The van der Waals surface area contributed by atoms with Crippen LogP contribution < -0.4 is 0 Å². The molecular formula is C24H41N. The number of rotatable bonds is 9. The van der Waals surface area contributed by atoms with Gasteiger partial charge in [0.05, 0.1) is 11.5 Å². The van der Waals surface area contributed by atoms with Gasteiger partial charge in [-0.3, -0.25) is 0 Å². The average Bonchev–Trinajstić information content (AvgIpc) is 2.67. The zero-order valence-corrected chi connectivity index (χ0v) is 16.9. The lowest BCUT2D eigenvalue weighted by Gasteiger charge is -2.40. The van der Waals surface area contributed by atoms with Crippen molar-refractivity contribution >= 4 is 0 Å². The van der Waals surface area contributed by atoms with E-state index in [0.717, 1.165) is 43.4 Å². The van der Waals surface area contributed by atoms with E-state index in [4.69, 9.17) is 0 Å². The van der Waals surface area contributed by atoms with Gasteiger partial charge >= 0.3 is 0 Å². The highest BCUT2D eigenvalue weighted by Crippen LogP contribution is 2.47. The summed E-state index contributed by atoms with van der Waals surface area (Å²) in [6.45, 7) is 4.52. The first-order valence-corrected chi connectivity index (χ1v) is 11.3. The van der Waals surface area contributed by atoms with Crippen molar-refractivity contribution in [2.24, 2.45) is 23.2 Å². The van der Waals surface area contributed by atoms with Gasteiger partial charge in [-0.15, -0.1) is 0 Å². The molecule has 2 saturated carbocycles. The normalized spacial score (nSPS) is 33.4. The van der Waals surface area contributed by atoms with Crippen LogP contribution in [0.25, 0.3) is 0 Å². The van der Waals surface area contributed by atoms with Crippen molar-refractivity contribution in [1.82, 2.24) is 0 Å². The molecule has 0 heterocycles. The molecule has 2 rings (SSSR count). The number of hydrogen-bond acceptors (Lipinski definition) is 1. The highest BCUT2D eigenvalue weighted by Gasteiger charge is 2.37. The van der Waals surface area contributed by atoms with Gasteiger partial charge in [0.25, 0.3) is 0 Å². The third kappa shape index (κ3) is 6.47. The molecule has 0 aromatic rings. The monoisotopic (exact) mass is 343 g/mol. The Hall–Kier alpha value is -0.770. The van der Waals surface area contributed by atoms with Crippen molar-refractivity contribution < 1.29 is 0 Å². The maximum absolute atomic E-state index is 9.75. The van der Waals surface area contributed by atoms with Crippen molar-refractivity contribution in [3.8, 4) is 6.07 Å². The van der Waals surface area contributed by atoms with Crippen LogP contribution in [-0.4, -0.2) is 0 Å². The molecule has 2 aliphatic carbocycles. The maximum atomic E-state index is 9.75. The molecule has 0 saturated heterocycles. The number of nitrogens with zero attached hydrogens (tertiary/aromatic N) is 1. The van der Waals surface area contributed by atoms with E-state index in [0.29, 0.717) is 0 Å². The number of unbranched alkanes of at least 4 members (excludes halogenated alkanes) is 3. The lowest BCUT2D eigenvalue weighted by molar-refractivity contribution is 0.121. The number of hydrogen-bond donors (Lipinski definition) is 0. The summed E-state index contributed by atoms with van der Waals surface area (Å²) in [5, 5.41) is 9.75. The Morgan fingerprint density at radius 3 is 2.16 bits per heavy atom. The van der Waals surface area contributed by atoms with Crippen LogP contribution in [0.2, 0.25) is 0 Å². The Morgan fingerprint density at radius 2 is 1.56 bits per heavy atom. The second kappa shape index (κ2) is 11.1. The van der Waals surface area contributed by atoms with Gasteiger partial charge in [0.2, 0.25) is 0 Å². The summed E-state index contributed by atoms with van der Waals surface area (Å²) in [5.41, 5.74) is -0.0436. The lowest BCUT2D eigenvalue weighted by atomic mass is 9.64. The van der Waals surface area contributed by atoms with E-state index in [2.05, 4.69) is 32.1 Å². The van der Waals surface area contributed by atoms with Crippen LogP contribution in [0, 0.1) is 34.5 Å². The molecule has 1 nitrogen and oxygen atoms in total. The molecule has 142 valence electrons. The van der Waals surface area contributed by atoms with Crippen molar-refractivity contribution in [2.45, 2.75) is 110 Å². The zero-order valence-electron chi connectivity index (χ0n) is 16.9. The molecule has 0 radical (unpaired) electrons. The molecule has 0 spiro atoms. The second-order valence-corrected chi connectivity index (χ2v) is 8.97. The molecule has 0 aromatic carbocycles. The minimum Gasteiger partial charge on any atom is -0.198 e. The van der Waals surface area contributed by atoms with E-state index < -0.39 is 0 Å². The SMILES string of the molecule is CCC/C=C/C[C@]1(C#N)CC[C@@H](C2CCC(CCCCC)CC2)CC1. The fraction of sp³-hybridized carbons (Fsp3) is 0.875. The third-order valence-electron chi connectivity index (χ3n) is 7.13. The molecule has 25 heavy (non-hydrogen) atoms. The quantitative estimate of drug-likeness (QED) is 0.309. The minimum absolute atomic E-state index is 0.0436. The van der Waals surface area contributed by atoms with Gasteiger partial charge in [-0.1, -0.05) is 70.9 Å². The Labute approximate surface area is 157 Å². The first-order chi connectivity index (χ1) is 12.2. The molecule has 0 bridgehead atoms. The van der Waals surface area contributed by atoms with Gasteiger partial charge in [0.1, 0.15) is 0 Å². The largest absolute Gasteiger partial charge is 0.198 e. The highest BCUT2D eigenvalue weighted by molar-refractivity contribution is 5.06. The summed E-state index contributed by atoms with van der Waals surface area (Å²) in [6, 6.07) is 2.70. The molecule has 1 heteroatoms. The molecule has 0 atom stereocenters. The topological polar surface area (TPSA) is 23.8 Å². The second-order valence-electron chi connectivity index (χ2n) is 8.97. The third-order valence-corrected chi connectivity index (χ3v) is 7.13. The van der Waals surface area contributed by atoms with Gasteiger partial charge < -0.3 is 0 Å². The summed E-state index contributed by atoms with van der Waals surface area (Å²) < 4.78 is 0. The van der Waals surface area contributed by atoms with E-state index in [1.807, 2.05) is 0 Å². The fourth-order valence-electron chi connectivity index (χ4n) is 5.25. The molecular weight excluding hydrogens is 302 g/mol. The summed E-state index contributed by atoms with van der Waals surface area (Å²) >= 11 is 0. The maximum Gasteiger partial charge on any atom is 0.0693 e. The van der Waals surface area contributed by atoms with E-state index in [-0.39, 0.29) is 5.41 Å². The van der Waals surface area contributed by atoms with Crippen molar-refractivity contribution in [3.05, 3.63) is 12.2 Å². The molecule has 0 unspecified atom stereocenters. The highest BCUT2D eigenvalue weighted by atomic mass is 14.4. The molecule has 0 aromatic heterocycles. The van der Waals surface area contributed by atoms with Gasteiger partial charge in [-0.05, 0) is 69.1 Å². The summed E-state index contributed by atoms with van der Waals surface area (Å²) in [6.07, 6.45) is 24.4. The Kier molecular flexibility index (Phi) is 9.08. The summed E-state index contributed by atoms with van der Waals surface area (Å²) in [4.78, 5) is 0. The van der Waals surface area contributed by atoms with Crippen molar-refractivity contribution in [3.63, 3.8) is 0 Å². The first kappa shape index (κ1) is 20.5. The smallest absolute Gasteiger partial charge is 0.0693 e. The van der Waals surface area contributed by atoms with Crippen LogP contribution in [-0.2, 0) is 0 Å². The zero-order chi connectivity index (χ0) is 18.0. The van der Waals surface area contributed by atoms with Crippen LogP contribution in [0.5, 0.6) is 0 Å². The van der Waals surface area contributed by atoms with Gasteiger partial charge in [0.15, 0.2) is 0 Å². The molecule has 2 aliphatic rings. The molecule has 0 N–H and O–H groups in total. The van der Waals surface area contributed by atoms with E-state index in [1.165, 1.54) is 70.6 Å². The predicted molar refractivity (Wildman–Crippen MR) is 108 cm³/mol.